The maximum Gasteiger partial charge on any atom is 0.272 e. The number of benzene rings is 1. The fraction of sp³-hybridized carbons (Fsp3) is 0.143. The Hall–Kier alpha value is -1.59. The number of thiophene rings is 1. The molecule has 2 heterocycles. The fourth-order valence-electron chi connectivity index (χ4n) is 1.98. The van der Waals surface area contributed by atoms with Crippen LogP contribution in [0.3, 0.4) is 0 Å². The number of hydrogen-bond acceptors (Lipinski definition) is 4. The monoisotopic (exact) mass is 288 g/mol. The lowest BCUT2D eigenvalue weighted by Crippen LogP contribution is -2.22. The number of fused-ring (bicyclic) bond motifs is 1. The van der Waals surface area contributed by atoms with Gasteiger partial charge in [0.1, 0.15) is 4.70 Å². The average molecular weight is 288 g/mol. The van der Waals surface area contributed by atoms with Gasteiger partial charge in [-0.1, -0.05) is 42.1 Å². The van der Waals surface area contributed by atoms with Crippen molar-refractivity contribution >= 4 is 33.3 Å². The summed E-state index contributed by atoms with van der Waals surface area (Å²) in [6.45, 7) is 0.566. The minimum absolute atomic E-state index is 0.0493. The Kier molecular flexibility index (Phi) is 3.40. The third kappa shape index (κ3) is 2.31. The molecule has 0 aliphatic rings. The lowest BCUT2D eigenvalue weighted by Gasteiger charge is -2.10. The van der Waals surface area contributed by atoms with Gasteiger partial charge < -0.3 is 0 Å². The second kappa shape index (κ2) is 5.19. The number of hydrogen-bond donors (Lipinski definition) is 0. The van der Waals surface area contributed by atoms with E-state index in [4.69, 9.17) is 0 Å². The van der Waals surface area contributed by atoms with Gasteiger partial charge >= 0.3 is 0 Å². The van der Waals surface area contributed by atoms with Gasteiger partial charge in [0.15, 0.2) is 5.16 Å². The lowest BCUT2D eigenvalue weighted by atomic mass is 10.2. The number of thioether (sulfide) groups is 1. The Morgan fingerprint density at radius 2 is 2.05 bits per heavy atom. The van der Waals surface area contributed by atoms with Gasteiger partial charge in [0.05, 0.1) is 12.1 Å². The van der Waals surface area contributed by atoms with Crippen LogP contribution in [0.25, 0.3) is 10.2 Å². The highest BCUT2D eigenvalue weighted by Crippen LogP contribution is 2.19. The molecule has 1 aromatic carbocycles. The van der Waals surface area contributed by atoms with E-state index >= 15 is 0 Å². The summed E-state index contributed by atoms with van der Waals surface area (Å²) in [5.41, 5.74) is 1.95. The van der Waals surface area contributed by atoms with E-state index in [0.29, 0.717) is 6.54 Å². The van der Waals surface area contributed by atoms with Crippen molar-refractivity contribution in [2.75, 3.05) is 6.26 Å². The van der Waals surface area contributed by atoms with Crippen molar-refractivity contribution in [1.82, 2.24) is 9.55 Å². The predicted molar refractivity (Wildman–Crippen MR) is 81.2 cm³/mol. The summed E-state index contributed by atoms with van der Waals surface area (Å²) < 4.78 is 2.48. The number of rotatable bonds is 3. The molecule has 0 fully saturated rings. The topological polar surface area (TPSA) is 34.9 Å². The highest BCUT2D eigenvalue weighted by Gasteiger charge is 2.11. The SMILES string of the molecule is CSc1nc2ccsc2c(=O)n1Cc1ccccc1. The van der Waals surface area contributed by atoms with Crippen LogP contribution >= 0.6 is 23.1 Å². The first-order valence-electron chi connectivity index (χ1n) is 5.85. The number of aromatic nitrogens is 2. The lowest BCUT2D eigenvalue weighted by molar-refractivity contribution is 0.660. The van der Waals surface area contributed by atoms with Gasteiger partial charge in [-0.05, 0) is 23.3 Å². The van der Waals surface area contributed by atoms with Crippen LogP contribution < -0.4 is 5.56 Å². The van der Waals surface area contributed by atoms with Gasteiger partial charge in [-0.3, -0.25) is 9.36 Å². The minimum atomic E-state index is 0.0493. The molecule has 5 heteroatoms. The van der Waals surface area contributed by atoms with Gasteiger partial charge in [-0.2, -0.15) is 0 Å². The van der Waals surface area contributed by atoms with E-state index in [-0.39, 0.29) is 5.56 Å². The summed E-state index contributed by atoms with van der Waals surface area (Å²) in [5.74, 6) is 0. The normalized spacial score (nSPS) is 11.0. The van der Waals surface area contributed by atoms with Crippen molar-refractivity contribution in [1.29, 1.82) is 0 Å². The third-order valence-corrected chi connectivity index (χ3v) is 4.47. The van der Waals surface area contributed by atoms with Crippen LogP contribution in [0.5, 0.6) is 0 Å². The van der Waals surface area contributed by atoms with Crippen molar-refractivity contribution in [2.45, 2.75) is 11.7 Å². The molecular formula is C14H12N2OS2. The number of nitrogens with zero attached hydrogens (tertiary/aromatic N) is 2. The standard InChI is InChI=1S/C14H12N2OS2/c1-18-14-15-11-7-8-19-12(11)13(17)16(14)9-10-5-3-2-4-6-10/h2-8H,9H2,1H3. The van der Waals surface area contributed by atoms with Crippen LogP contribution in [0.1, 0.15) is 5.56 Å². The van der Waals surface area contributed by atoms with Gasteiger partial charge in [-0.25, -0.2) is 4.98 Å². The summed E-state index contributed by atoms with van der Waals surface area (Å²) in [6, 6.07) is 11.9. The quantitative estimate of drug-likeness (QED) is 0.548. The first-order chi connectivity index (χ1) is 9.29. The Labute approximate surface area is 118 Å². The van der Waals surface area contributed by atoms with Gasteiger partial charge in [0, 0.05) is 0 Å². The molecule has 3 aromatic rings. The zero-order valence-electron chi connectivity index (χ0n) is 10.4. The molecule has 0 amide bonds. The third-order valence-electron chi connectivity index (χ3n) is 2.90. The summed E-state index contributed by atoms with van der Waals surface area (Å²) in [6.07, 6.45) is 1.95. The van der Waals surface area contributed by atoms with Gasteiger partial charge in [-0.15, -0.1) is 11.3 Å². The van der Waals surface area contributed by atoms with E-state index < -0.39 is 0 Å². The van der Waals surface area contributed by atoms with Crippen LogP contribution in [0.2, 0.25) is 0 Å². The zero-order chi connectivity index (χ0) is 13.2. The second-order valence-electron chi connectivity index (χ2n) is 4.11. The van der Waals surface area contributed by atoms with E-state index in [2.05, 4.69) is 4.98 Å². The average Bonchev–Trinajstić information content (AvgIpc) is 2.91. The predicted octanol–water partition coefficient (Wildman–Crippen LogP) is 3.23. The largest absolute Gasteiger partial charge is 0.282 e. The molecule has 0 bridgehead atoms. The van der Waals surface area contributed by atoms with Crippen molar-refractivity contribution in [2.24, 2.45) is 0 Å². The Morgan fingerprint density at radius 3 is 2.79 bits per heavy atom. The molecule has 3 rings (SSSR count). The van der Waals surface area contributed by atoms with Crippen LogP contribution in [0, 0.1) is 0 Å². The molecule has 0 N–H and O–H groups in total. The van der Waals surface area contributed by atoms with Crippen molar-refractivity contribution in [3.05, 3.63) is 57.7 Å². The second-order valence-corrected chi connectivity index (χ2v) is 5.80. The van der Waals surface area contributed by atoms with E-state index in [1.165, 1.54) is 23.1 Å². The van der Waals surface area contributed by atoms with E-state index in [0.717, 1.165) is 20.9 Å². The van der Waals surface area contributed by atoms with Crippen LogP contribution in [0.4, 0.5) is 0 Å². The summed E-state index contributed by atoms with van der Waals surface area (Å²) >= 11 is 2.96. The Balaban J connectivity index is 2.16. The highest BCUT2D eigenvalue weighted by atomic mass is 32.2. The summed E-state index contributed by atoms with van der Waals surface area (Å²) in [7, 11) is 0. The minimum Gasteiger partial charge on any atom is -0.282 e. The van der Waals surface area contributed by atoms with Crippen molar-refractivity contribution in [3.63, 3.8) is 0 Å². The maximum atomic E-state index is 12.5. The first kappa shape index (κ1) is 12.4. The molecule has 0 radical (unpaired) electrons. The Bertz CT molecular complexity index is 762. The van der Waals surface area contributed by atoms with Crippen LogP contribution in [0.15, 0.2) is 51.7 Å². The fourth-order valence-corrected chi connectivity index (χ4v) is 3.32. The molecule has 0 saturated carbocycles. The maximum absolute atomic E-state index is 12.5. The van der Waals surface area contributed by atoms with E-state index in [1.54, 1.807) is 4.57 Å². The molecule has 0 aliphatic carbocycles. The highest BCUT2D eigenvalue weighted by molar-refractivity contribution is 7.98. The van der Waals surface area contributed by atoms with Gasteiger partial charge in [0.25, 0.3) is 5.56 Å². The molecule has 3 nitrogen and oxygen atoms in total. The van der Waals surface area contributed by atoms with Crippen molar-refractivity contribution < 1.29 is 0 Å². The molecule has 0 spiro atoms. The summed E-state index contributed by atoms with van der Waals surface area (Å²) in [4.78, 5) is 17.0. The van der Waals surface area contributed by atoms with E-state index in [9.17, 15) is 4.79 Å². The zero-order valence-corrected chi connectivity index (χ0v) is 12.0. The van der Waals surface area contributed by atoms with Crippen molar-refractivity contribution in [3.8, 4) is 0 Å². The van der Waals surface area contributed by atoms with Gasteiger partial charge in [0.2, 0.25) is 0 Å². The summed E-state index contributed by atoms with van der Waals surface area (Å²) in [5, 5.41) is 2.68. The van der Waals surface area contributed by atoms with Crippen LogP contribution in [-0.4, -0.2) is 15.8 Å². The smallest absolute Gasteiger partial charge is 0.272 e. The molecule has 0 saturated heterocycles. The molecule has 0 unspecified atom stereocenters. The van der Waals surface area contributed by atoms with E-state index in [1.807, 2.05) is 48.0 Å². The molecule has 0 atom stereocenters. The first-order valence-corrected chi connectivity index (χ1v) is 7.96. The van der Waals surface area contributed by atoms with Crippen LogP contribution in [-0.2, 0) is 6.54 Å². The molecule has 19 heavy (non-hydrogen) atoms. The molecule has 0 aliphatic heterocycles. The Morgan fingerprint density at radius 1 is 1.26 bits per heavy atom. The molecule has 96 valence electrons. The molecule has 2 aromatic heterocycles. The molecular weight excluding hydrogens is 276 g/mol.